The first-order valence-corrected chi connectivity index (χ1v) is 10.2. The Morgan fingerprint density at radius 2 is 1.93 bits per heavy atom. The maximum absolute atomic E-state index is 12.1. The lowest BCUT2D eigenvalue weighted by Crippen LogP contribution is -2.33. The summed E-state index contributed by atoms with van der Waals surface area (Å²) in [5.41, 5.74) is 7.36. The first kappa shape index (κ1) is 20.6. The van der Waals surface area contributed by atoms with Gasteiger partial charge in [0.25, 0.3) is 0 Å². The quantitative estimate of drug-likeness (QED) is 0.727. The second-order valence-corrected chi connectivity index (χ2v) is 8.24. The average molecular weight is 393 g/mol. The standard InChI is InChI=1S/C17H23N5O4S/c1-22(8-9-26-2)17(23)20-13-6-4-12(5-7-13)16-19-14(10-15(18)21-16)11-27(3,24)25/h4-7,10H,8-9,11H2,1-3H3,(H,20,23)(H2,18,19,21). The number of amides is 2. The van der Waals surface area contributed by atoms with E-state index in [-0.39, 0.29) is 17.6 Å². The number of rotatable bonds is 7. The van der Waals surface area contributed by atoms with Gasteiger partial charge in [-0.15, -0.1) is 0 Å². The number of likely N-dealkylation sites (N-methyl/N-ethyl adjacent to an activating group) is 1. The van der Waals surface area contributed by atoms with E-state index in [0.29, 0.717) is 35.9 Å². The number of nitrogen functional groups attached to an aromatic ring is 1. The Morgan fingerprint density at radius 1 is 1.26 bits per heavy atom. The van der Waals surface area contributed by atoms with E-state index in [2.05, 4.69) is 15.3 Å². The topological polar surface area (TPSA) is 128 Å². The number of carbonyl (C=O) groups excluding carboxylic acids is 1. The third kappa shape index (κ3) is 6.50. The molecule has 0 saturated carbocycles. The Hall–Kier alpha value is -2.72. The molecule has 0 radical (unpaired) electrons. The smallest absolute Gasteiger partial charge is 0.321 e. The maximum Gasteiger partial charge on any atom is 0.321 e. The van der Waals surface area contributed by atoms with Crippen LogP contribution in [-0.2, 0) is 20.3 Å². The summed E-state index contributed by atoms with van der Waals surface area (Å²) in [6, 6.07) is 8.05. The molecule has 146 valence electrons. The van der Waals surface area contributed by atoms with Crippen molar-refractivity contribution >= 4 is 27.4 Å². The predicted molar refractivity (Wildman–Crippen MR) is 104 cm³/mol. The van der Waals surface area contributed by atoms with E-state index in [0.717, 1.165) is 6.26 Å². The number of sulfone groups is 1. The first-order chi connectivity index (χ1) is 12.7. The molecule has 0 aliphatic rings. The lowest BCUT2D eigenvalue weighted by Gasteiger charge is -2.17. The lowest BCUT2D eigenvalue weighted by molar-refractivity contribution is 0.165. The summed E-state index contributed by atoms with van der Waals surface area (Å²) in [5.74, 6) is 0.300. The maximum atomic E-state index is 12.1. The number of nitrogens with zero attached hydrogens (tertiary/aromatic N) is 3. The molecular formula is C17H23N5O4S. The molecule has 2 rings (SSSR count). The fraction of sp³-hybridized carbons (Fsp3) is 0.353. The molecule has 1 heterocycles. The average Bonchev–Trinajstić information content (AvgIpc) is 2.58. The van der Waals surface area contributed by atoms with Gasteiger partial charge in [-0.1, -0.05) is 0 Å². The number of aromatic nitrogens is 2. The molecule has 0 fully saturated rings. The highest BCUT2D eigenvalue weighted by Crippen LogP contribution is 2.20. The molecule has 1 aromatic heterocycles. The molecule has 2 aromatic rings. The molecular weight excluding hydrogens is 370 g/mol. The van der Waals surface area contributed by atoms with Crippen molar-refractivity contribution in [3.8, 4) is 11.4 Å². The summed E-state index contributed by atoms with van der Waals surface area (Å²) in [7, 11) is 0.0119. The fourth-order valence-electron chi connectivity index (χ4n) is 2.24. The zero-order chi connectivity index (χ0) is 20.0. The summed E-state index contributed by atoms with van der Waals surface area (Å²) >= 11 is 0. The van der Waals surface area contributed by atoms with Gasteiger partial charge < -0.3 is 20.7 Å². The van der Waals surface area contributed by atoms with Gasteiger partial charge in [-0.2, -0.15) is 0 Å². The molecule has 9 nitrogen and oxygen atoms in total. The van der Waals surface area contributed by atoms with E-state index >= 15 is 0 Å². The number of urea groups is 1. The van der Waals surface area contributed by atoms with Gasteiger partial charge in [0.2, 0.25) is 0 Å². The van der Waals surface area contributed by atoms with Crippen LogP contribution in [-0.4, -0.2) is 62.9 Å². The summed E-state index contributed by atoms with van der Waals surface area (Å²) in [6.07, 6.45) is 1.13. The van der Waals surface area contributed by atoms with Crippen LogP contribution < -0.4 is 11.1 Å². The third-order valence-corrected chi connectivity index (χ3v) is 4.40. The van der Waals surface area contributed by atoms with Gasteiger partial charge in [0.05, 0.1) is 18.1 Å². The van der Waals surface area contributed by atoms with E-state index < -0.39 is 9.84 Å². The second-order valence-electron chi connectivity index (χ2n) is 6.10. The molecule has 0 saturated heterocycles. The minimum absolute atomic E-state index is 0.191. The SMILES string of the molecule is COCCN(C)C(=O)Nc1ccc(-c2nc(N)cc(CS(C)(=O)=O)n2)cc1. The minimum atomic E-state index is -3.23. The molecule has 0 aliphatic carbocycles. The Labute approximate surface area is 158 Å². The predicted octanol–water partition coefficient (Wildman–Crippen LogP) is 1.38. The van der Waals surface area contributed by atoms with E-state index in [4.69, 9.17) is 10.5 Å². The van der Waals surface area contributed by atoms with Gasteiger partial charge in [-0.25, -0.2) is 23.2 Å². The lowest BCUT2D eigenvalue weighted by atomic mass is 10.2. The van der Waals surface area contributed by atoms with Crippen molar-refractivity contribution in [3.63, 3.8) is 0 Å². The van der Waals surface area contributed by atoms with Crippen molar-refractivity contribution in [1.82, 2.24) is 14.9 Å². The Balaban J connectivity index is 2.14. The summed E-state index contributed by atoms with van der Waals surface area (Å²) < 4.78 is 27.9. The van der Waals surface area contributed by atoms with E-state index in [1.807, 2.05) is 0 Å². The van der Waals surface area contributed by atoms with Crippen LogP contribution in [0.4, 0.5) is 16.3 Å². The van der Waals surface area contributed by atoms with Gasteiger partial charge in [0.1, 0.15) is 5.82 Å². The van der Waals surface area contributed by atoms with Crippen LogP contribution in [0.1, 0.15) is 5.69 Å². The highest BCUT2D eigenvalue weighted by atomic mass is 32.2. The van der Waals surface area contributed by atoms with Gasteiger partial charge in [0, 0.05) is 44.3 Å². The number of benzene rings is 1. The van der Waals surface area contributed by atoms with Crippen LogP contribution in [0.15, 0.2) is 30.3 Å². The Morgan fingerprint density at radius 3 is 2.52 bits per heavy atom. The molecule has 0 bridgehead atoms. The third-order valence-electron chi connectivity index (χ3n) is 3.58. The number of hydrogen-bond acceptors (Lipinski definition) is 7. The van der Waals surface area contributed by atoms with Crippen molar-refractivity contribution in [3.05, 3.63) is 36.0 Å². The van der Waals surface area contributed by atoms with Gasteiger partial charge >= 0.3 is 6.03 Å². The Bertz CT molecular complexity index is 900. The summed E-state index contributed by atoms with van der Waals surface area (Å²) in [4.78, 5) is 22.0. The van der Waals surface area contributed by atoms with Gasteiger partial charge in [-0.05, 0) is 24.3 Å². The van der Waals surface area contributed by atoms with Crippen LogP contribution in [0.25, 0.3) is 11.4 Å². The van der Waals surface area contributed by atoms with Crippen LogP contribution in [0.3, 0.4) is 0 Å². The zero-order valence-electron chi connectivity index (χ0n) is 15.5. The molecule has 0 aliphatic heterocycles. The number of nitrogens with one attached hydrogen (secondary N) is 1. The van der Waals surface area contributed by atoms with Crippen LogP contribution in [0.2, 0.25) is 0 Å². The van der Waals surface area contributed by atoms with Crippen molar-refractivity contribution < 1.29 is 17.9 Å². The van der Waals surface area contributed by atoms with Crippen molar-refractivity contribution in [2.45, 2.75) is 5.75 Å². The second kappa shape index (κ2) is 8.78. The number of methoxy groups -OCH3 is 1. The summed E-state index contributed by atoms with van der Waals surface area (Å²) in [6.45, 7) is 0.923. The highest BCUT2D eigenvalue weighted by molar-refractivity contribution is 7.89. The molecule has 10 heteroatoms. The van der Waals surface area contributed by atoms with Crippen molar-refractivity contribution in [2.75, 3.05) is 44.6 Å². The number of hydrogen-bond donors (Lipinski definition) is 2. The van der Waals surface area contributed by atoms with Crippen molar-refractivity contribution in [2.24, 2.45) is 0 Å². The van der Waals surface area contributed by atoms with Crippen molar-refractivity contribution in [1.29, 1.82) is 0 Å². The normalized spacial score (nSPS) is 11.2. The van der Waals surface area contributed by atoms with Crippen LogP contribution >= 0.6 is 0 Å². The van der Waals surface area contributed by atoms with E-state index in [1.54, 1.807) is 38.4 Å². The monoisotopic (exact) mass is 393 g/mol. The molecule has 1 aromatic carbocycles. The fourth-order valence-corrected chi connectivity index (χ4v) is 2.93. The number of nitrogens with two attached hydrogens (primary N) is 1. The Kier molecular flexibility index (Phi) is 6.70. The molecule has 0 spiro atoms. The van der Waals surface area contributed by atoms with Crippen LogP contribution in [0, 0.1) is 0 Å². The van der Waals surface area contributed by atoms with Crippen LogP contribution in [0.5, 0.6) is 0 Å². The largest absolute Gasteiger partial charge is 0.384 e. The molecule has 0 atom stereocenters. The molecule has 2 amide bonds. The number of ether oxygens (including phenoxy) is 1. The minimum Gasteiger partial charge on any atom is -0.384 e. The highest BCUT2D eigenvalue weighted by Gasteiger charge is 2.12. The molecule has 3 N–H and O–H groups in total. The van der Waals surface area contributed by atoms with Gasteiger partial charge in [0.15, 0.2) is 15.7 Å². The first-order valence-electron chi connectivity index (χ1n) is 8.10. The molecule has 27 heavy (non-hydrogen) atoms. The molecule has 0 unspecified atom stereocenters. The number of anilines is 2. The van der Waals surface area contributed by atoms with Gasteiger partial charge in [-0.3, -0.25) is 0 Å². The van der Waals surface area contributed by atoms with E-state index in [9.17, 15) is 13.2 Å². The van der Waals surface area contributed by atoms with E-state index in [1.165, 1.54) is 11.0 Å². The zero-order valence-corrected chi connectivity index (χ0v) is 16.3. The number of carbonyl (C=O) groups is 1. The summed E-state index contributed by atoms with van der Waals surface area (Å²) in [5, 5.41) is 2.77.